The summed E-state index contributed by atoms with van der Waals surface area (Å²) in [5, 5.41) is 7.44. The van der Waals surface area contributed by atoms with Gasteiger partial charge in [-0.1, -0.05) is 0 Å². The lowest BCUT2D eigenvalue weighted by molar-refractivity contribution is 0.171. The Kier molecular flexibility index (Phi) is 4.40. The second-order valence-electron chi connectivity index (χ2n) is 3.69. The van der Waals surface area contributed by atoms with Crippen molar-refractivity contribution in [2.75, 3.05) is 20.4 Å². The van der Waals surface area contributed by atoms with Gasteiger partial charge in [-0.05, 0) is 31.3 Å². The lowest BCUT2D eigenvalue weighted by Crippen LogP contribution is -2.31. The number of fused-ring (bicyclic) bond motifs is 1. The number of nitrogens with one attached hydrogen (secondary N) is 2. The zero-order chi connectivity index (χ0) is 13.7. The maximum Gasteiger partial charge on any atom is 0.231 e. The van der Waals surface area contributed by atoms with E-state index in [1.54, 1.807) is 13.3 Å². The smallest absolute Gasteiger partial charge is 0.231 e. The molecule has 1 aromatic rings. The van der Waals surface area contributed by atoms with Crippen LogP contribution in [0.15, 0.2) is 17.2 Å². The van der Waals surface area contributed by atoms with Gasteiger partial charge in [0.1, 0.15) is 0 Å². The van der Waals surface area contributed by atoms with Crippen LogP contribution < -0.4 is 25.0 Å². The first-order chi connectivity index (χ1) is 9.24. The van der Waals surface area contributed by atoms with Crippen LogP contribution in [-0.4, -0.2) is 31.8 Å². The Morgan fingerprint density at radius 2 is 2.37 bits per heavy atom. The molecule has 1 aromatic carbocycles. The van der Waals surface area contributed by atoms with Crippen LogP contribution in [0.25, 0.3) is 0 Å². The lowest BCUT2D eigenvalue weighted by Gasteiger charge is -2.06. The first-order valence-corrected chi connectivity index (χ1v) is 6.20. The maximum atomic E-state index is 5.33. The number of ether oxygens (including phenoxy) is 3. The summed E-state index contributed by atoms with van der Waals surface area (Å²) in [6.45, 7) is 2.91. The van der Waals surface area contributed by atoms with E-state index in [-0.39, 0.29) is 6.79 Å². The maximum absolute atomic E-state index is 5.33. The van der Waals surface area contributed by atoms with Gasteiger partial charge in [0, 0.05) is 12.1 Å². The summed E-state index contributed by atoms with van der Waals surface area (Å²) in [7, 11) is 1.58. The topological polar surface area (TPSA) is 64.1 Å². The van der Waals surface area contributed by atoms with Gasteiger partial charge in [-0.15, -0.1) is 0 Å². The molecule has 0 radical (unpaired) electrons. The molecule has 0 spiro atoms. The fourth-order valence-electron chi connectivity index (χ4n) is 1.59. The van der Waals surface area contributed by atoms with E-state index < -0.39 is 0 Å². The Morgan fingerprint density at radius 3 is 3.11 bits per heavy atom. The van der Waals surface area contributed by atoms with Gasteiger partial charge >= 0.3 is 0 Å². The Bertz CT molecular complexity index is 505. The van der Waals surface area contributed by atoms with Gasteiger partial charge in [-0.3, -0.25) is 5.43 Å². The molecule has 1 heterocycles. The molecule has 0 fully saturated rings. The highest BCUT2D eigenvalue weighted by Gasteiger charge is 2.19. The van der Waals surface area contributed by atoms with Gasteiger partial charge in [0.2, 0.25) is 12.5 Å². The van der Waals surface area contributed by atoms with Crippen molar-refractivity contribution in [3.05, 3.63) is 17.7 Å². The molecule has 0 aliphatic carbocycles. The van der Waals surface area contributed by atoms with Crippen molar-refractivity contribution in [1.29, 1.82) is 0 Å². The minimum absolute atomic E-state index is 0.203. The number of hydrazone groups is 1. The van der Waals surface area contributed by atoms with Crippen LogP contribution >= 0.6 is 12.2 Å². The molecule has 2 N–H and O–H groups in total. The molecule has 0 amide bonds. The van der Waals surface area contributed by atoms with E-state index in [1.807, 2.05) is 19.1 Å². The predicted octanol–water partition coefficient (Wildman–Crippen LogP) is 1.24. The van der Waals surface area contributed by atoms with Gasteiger partial charge in [0.15, 0.2) is 16.6 Å². The van der Waals surface area contributed by atoms with Crippen molar-refractivity contribution in [2.24, 2.45) is 5.10 Å². The van der Waals surface area contributed by atoms with Crippen molar-refractivity contribution in [2.45, 2.75) is 6.92 Å². The molecule has 1 aliphatic heterocycles. The summed E-state index contributed by atoms with van der Waals surface area (Å²) >= 11 is 4.99. The Labute approximate surface area is 116 Å². The molecule has 0 bridgehead atoms. The highest BCUT2D eigenvalue weighted by molar-refractivity contribution is 7.80. The van der Waals surface area contributed by atoms with Crippen LogP contribution in [0.3, 0.4) is 0 Å². The molecular formula is C12H15N3O3S. The van der Waals surface area contributed by atoms with E-state index in [0.717, 1.165) is 12.1 Å². The molecule has 102 valence electrons. The average molecular weight is 281 g/mol. The second kappa shape index (κ2) is 6.24. The third-order valence-electron chi connectivity index (χ3n) is 2.40. The monoisotopic (exact) mass is 281 g/mol. The molecule has 7 heteroatoms. The Morgan fingerprint density at radius 1 is 1.53 bits per heavy atom. The van der Waals surface area contributed by atoms with Gasteiger partial charge in [-0.2, -0.15) is 5.10 Å². The summed E-state index contributed by atoms with van der Waals surface area (Å²) in [6.07, 6.45) is 1.63. The van der Waals surface area contributed by atoms with E-state index >= 15 is 0 Å². The quantitative estimate of drug-likeness (QED) is 0.492. The van der Waals surface area contributed by atoms with E-state index in [2.05, 4.69) is 15.8 Å². The van der Waals surface area contributed by atoms with Gasteiger partial charge in [-0.25, -0.2) is 0 Å². The summed E-state index contributed by atoms with van der Waals surface area (Å²) in [5.74, 6) is 1.89. The van der Waals surface area contributed by atoms with Gasteiger partial charge in [0.05, 0.1) is 13.3 Å². The summed E-state index contributed by atoms with van der Waals surface area (Å²) in [6, 6.07) is 3.64. The standard InChI is InChI=1S/C12H15N3O3S/c1-3-13-12(19)15-14-6-8-4-9(16-2)11-10(5-8)17-7-18-11/h4-6H,3,7H2,1-2H3,(H2,13,15,19). The van der Waals surface area contributed by atoms with E-state index in [9.17, 15) is 0 Å². The minimum atomic E-state index is 0.203. The zero-order valence-electron chi connectivity index (χ0n) is 10.7. The summed E-state index contributed by atoms with van der Waals surface area (Å²) in [4.78, 5) is 0. The number of nitrogens with zero attached hydrogens (tertiary/aromatic N) is 1. The normalized spacial score (nSPS) is 12.5. The SMILES string of the molecule is CCNC(=S)NN=Cc1cc(OC)c2c(c1)OCO2. The second-order valence-corrected chi connectivity index (χ2v) is 4.09. The summed E-state index contributed by atoms with van der Waals surface area (Å²) < 4.78 is 15.9. The predicted molar refractivity (Wildman–Crippen MR) is 76.1 cm³/mol. The number of rotatable bonds is 4. The van der Waals surface area contributed by atoms with Crippen LogP contribution in [-0.2, 0) is 0 Å². The molecule has 0 saturated carbocycles. The lowest BCUT2D eigenvalue weighted by atomic mass is 10.2. The van der Waals surface area contributed by atoms with E-state index in [0.29, 0.717) is 22.4 Å². The van der Waals surface area contributed by atoms with Crippen molar-refractivity contribution in [1.82, 2.24) is 10.7 Å². The fraction of sp³-hybridized carbons (Fsp3) is 0.333. The largest absolute Gasteiger partial charge is 0.493 e. The average Bonchev–Trinajstić information content (AvgIpc) is 2.86. The number of benzene rings is 1. The van der Waals surface area contributed by atoms with Crippen molar-refractivity contribution >= 4 is 23.5 Å². The molecule has 0 unspecified atom stereocenters. The number of methoxy groups -OCH3 is 1. The first-order valence-electron chi connectivity index (χ1n) is 5.79. The molecule has 19 heavy (non-hydrogen) atoms. The van der Waals surface area contributed by atoms with E-state index in [1.165, 1.54) is 0 Å². The van der Waals surface area contributed by atoms with Crippen LogP contribution in [0.2, 0.25) is 0 Å². The first kappa shape index (κ1) is 13.4. The van der Waals surface area contributed by atoms with Crippen LogP contribution in [0.5, 0.6) is 17.2 Å². The third kappa shape index (κ3) is 3.25. The summed E-state index contributed by atoms with van der Waals surface area (Å²) in [5.41, 5.74) is 3.54. The number of hydrogen-bond donors (Lipinski definition) is 2. The van der Waals surface area contributed by atoms with E-state index in [4.69, 9.17) is 26.4 Å². The fourth-order valence-corrected chi connectivity index (χ4v) is 1.79. The highest BCUT2D eigenvalue weighted by Crippen LogP contribution is 2.41. The van der Waals surface area contributed by atoms with Crippen LogP contribution in [0.1, 0.15) is 12.5 Å². The number of thiocarbonyl (C=S) groups is 1. The molecule has 0 aromatic heterocycles. The van der Waals surface area contributed by atoms with Crippen molar-refractivity contribution in [3.63, 3.8) is 0 Å². The number of hydrogen-bond acceptors (Lipinski definition) is 5. The van der Waals surface area contributed by atoms with Crippen molar-refractivity contribution < 1.29 is 14.2 Å². The molecule has 0 saturated heterocycles. The third-order valence-corrected chi connectivity index (χ3v) is 2.63. The molecular weight excluding hydrogens is 266 g/mol. The molecule has 1 aliphatic rings. The van der Waals surface area contributed by atoms with Gasteiger partial charge < -0.3 is 19.5 Å². The zero-order valence-corrected chi connectivity index (χ0v) is 11.5. The molecule has 2 rings (SSSR count). The Balaban J connectivity index is 2.09. The van der Waals surface area contributed by atoms with Crippen molar-refractivity contribution in [3.8, 4) is 17.2 Å². The minimum Gasteiger partial charge on any atom is -0.493 e. The van der Waals surface area contributed by atoms with Gasteiger partial charge in [0.25, 0.3) is 0 Å². The molecule has 6 nitrogen and oxygen atoms in total. The van der Waals surface area contributed by atoms with Crippen LogP contribution in [0, 0.1) is 0 Å². The Hall–Kier alpha value is -2.02. The molecule has 0 atom stereocenters. The highest BCUT2D eigenvalue weighted by atomic mass is 32.1. The van der Waals surface area contributed by atoms with Crippen LogP contribution in [0.4, 0.5) is 0 Å².